The molecular weight excluding hydrogens is 777 g/mol. The number of carboxylic acids is 2. The van der Waals surface area contributed by atoms with E-state index in [2.05, 4.69) is 23.5 Å². The number of hydrogen-bond donors (Lipinski definition) is 2. The minimum absolute atomic E-state index is 0.0474. The van der Waals surface area contributed by atoms with Crippen molar-refractivity contribution in [1.82, 2.24) is 0 Å². The van der Waals surface area contributed by atoms with Crippen molar-refractivity contribution in [1.29, 1.82) is 0 Å². The number of nitrogens with zero attached hydrogens (tertiary/aromatic N) is 4. The molecule has 304 valence electrons. The largest absolute Gasteiger partial charge is 0.478 e. The lowest BCUT2D eigenvalue weighted by molar-refractivity contribution is -0.121. The molecule has 2 aliphatic carbocycles. The molecule has 2 aliphatic heterocycles. The van der Waals surface area contributed by atoms with Crippen molar-refractivity contribution < 1.29 is 29.4 Å². The molecule has 2 amide bonds. The van der Waals surface area contributed by atoms with Gasteiger partial charge in [0.2, 0.25) is 11.8 Å². The van der Waals surface area contributed by atoms with Crippen LogP contribution in [0.4, 0.5) is 22.7 Å². The number of carboxylic acid groups (broad SMARTS) is 2. The Morgan fingerprint density at radius 3 is 1.27 bits per heavy atom. The second-order valence-electron chi connectivity index (χ2n) is 17.0. The van der Waals surface area contributed by atoms with Gasteiger partial charge in [0.25, 0.3) is 0 Å². The van der Waals surface area contributed by atoms with Gasteiger partial charge in [-0.1, -0.05) is 123 Å². The van der Waals surface area contributed by atoms with Crippen LogP contribution in [0.15, 0.2) is 146 Å². The highest BCUT2D eigenvalue weighted by Gasteiger charge is 2.75. The molecule has 2 fully saturated rings. The van der Waals surface area contributed by atoms with E-state index in [1.54, 1.807) is 70.5 Å². The van der Waals surface area contributed by atoms with Gasteiger partial charge in [-0.3, -0.25) is 9.59 Å². The highest BCUT2D eigenvalue weighted by molar-refractivity contribution is 6.13. The number of amides is 2. The molecule has 10 heteroatoms. The number of carbonyl (C=O) groups excluding carboxylic acids is 2. The zero-order valence-corrected chi connectivity index (χ0v) is 34.0. The Bertz CT molecular complexity index is 2750. The quantitative estimate of drug-likeness (QED) is 0.148. The highest BCUT2D eigenvalue weighted by Crippen LogP contribution is 2.71. The van der Waals surface area contributed by atoms with Crippen LogP contribution in [0, 0.1) is 13.1 Å². The van der Waals surface area contributed by atoms with Crippen molar-refractivity contribution in [3.63, 3.8) is 0 Å². The predicted octanol–water partition coefficient (Wildman–Crippen LogP) is 10.2. The fourth-order valence-corrected chi connectivity index (χ4v) is 10.2. The number of benzene rings is 6. The monoisotopic (exact) mass is 816 g/mol. The Labute approximate surface area is 358 Å². The molecule has 4 atom stereocenters. The van der Waals surface area contributed by atoms with Crippen LogP contribution >= 0.6 is 0 Å². The summed E-state index contributed by atoms with van der Waals surface area (Å²) in [5, 5.41) is 18.6. The minimum Gasteiger partial charge on any atom is -0.478 e. The number of anilines is 2. The van der Waals surface area contributed by atoms with Crippen LogP contribution in [0.25, 0.3) is 9.69 Å². The van der Waals surface area contributed by atoms with Crippen LogP contribution in [0.1, 0.15) is 80.8 Å². The summed E-state index contributed by atoms with van der Waals surface area (Å²) in [6, 6.07) is 44.3. The maximum atomic E-state index is 13.8. The lowest BCUT2D eigenvalue weighted by Crippen LogP contribution is -2.35. The molecule has 2 heterocycles. The fraction of sp³-hybridized carbons (Fsp3) is 0.192. The van der Waals surface area contributed by atoms with E-state index in [0.29, 0.717) is 37.3 Å². The second-order valence-corrected chi connectivity index (χ2v) is 17.0. The lowest BCUT2D eigenvalue weighted by atomic mass is 9.83. The van der Waals surface area contributed by atoms with Gasteiger partial charge in [-0.15, -0.1) is 0 Å². The zero-order chi connectivity index (χ0) is 43.6. The summed E-state index contributed by atoms with van der Waals surface area (Å²) >= 11 is 0. The van der Waals surface area contributed by atoms with Crippen molar-refractivity contribution >= 4 is 46.5 Å². The van der Waals surface area contributed by atoms with Crippen molar-refractivity contribution in [2.45, 2.75) is 61.4 Å². The summed E-state index contributed by atoms with van der Waals surface area (Å²) in [6.45, 7) is 19.2. The van der Waals surface area contributed by atoms with Crippen molar-refractivity contribution in [2.24, 2.45) is 0 Å². The van der Waals surface area contributed by atoms with Gasteiger partial charge in [-0.2, -0.15) is 0 Å². The number of fused-ring (bicyclic) bond motifs is 4. The van der Waals surface area contributed by atoms with E-state index in [-0.39, 0.29) is 33.8 Å². The molecule has 2 N–H and O–H groups in total. The van der Waals surface area contributed by atoms with E-state index in [1.807, 2.05) is 84.9 Å². The van der Waals surface area contributed by atoms with Gasteiger partial charge in [0, 0.05) is 22.2 Å². The van der Waals surface area contributed by atoms with Gasteiger partial charge in [0.05, 0.1) is 48.2 Å². The molecule has 10 rings (SSSR count). The molecule has 0 bridgehead atoms. The molecule has 2 spiro atoms. The number of carbonyl (C=O) groups is 4. The summed E-state index contributed by atoms with van der Waals surface area (Å²) < 4.78 is 0. The highest BCUT2D eigenvalue weighted by atomic mass is 16.4. The van der Waals surface area contributed by atoms with Crippen LogP contribution in [0.5, 0.6) is 0 Å². The topological polar surface area (TPSA) is 124 Å². The maximum Gasteiger partial charge on any atom is 0.335 e. The molecule has 62 heavy (non-hydrogen) atoms. The Hall–Kier alpha value is -7.82. The van der Waals surface area contributed by atoms with Crippen LogP contribution in [0.3, 0.4) is 0 Å². The zero-order valence-electron chi connectivity index (χ0n) is 34.0. The van der Waals surface area contributed by atoms with Crippen molar-refractivity contribution in [3.8, 4) is 0 Å². The average Bonchev–Trinajstić information content (AvgIpc) is 4.11. The normalized spacial score (nSPS) is 23.5. The Morgan fingerprint density at radius 1 is 0.548 bits per heavy atom. The van der Waals surface area contributed by atoms with E-state index in [0.717, 1.165) is 44.8 Å². The molecule has 6 aromatic carbocycles. The molecule has 6 aromatic rings. The third-order valence-electron chi connectivity index (χ3n) is 13.7. The number of para-hydroxylation sites is 2. The molecular formula is C52H40N4O6. The SMILES string of the molecule is [C-]#[N+]c1ccc([C@@]2(C)C[C@]23C(=O)N(Cc2cccc(C(=O)O)c2)c2ccccc23)cc1.[C-]#[N+]c1ccc([C@]2(C)C[C@@]23C(=O)N(Cc2cccc(C(=O)O)c2)c2ccccc23)cc1. The van der Waals surface area contributed by atoms with Gasteiger partial charge in [0.1, 0.15) is 0 Å². The van der Waals surface area contributed by atoms with Gasteiger partial charge in [0.15, 0.2) is 11.4 Å². The van der Waals surface area contributed by atoms with E-state index < -0.39 is 22.8 Å². The summed E-state index contributed by atoms with van der Waals surface area (Å²) in [5.41, 5.74) is 7.11. The lowest BCUT2D eigenvalue weighted by Gasteiger charge is -2.21. The van der Waals surface area contributed by atoms with Crippen molar-refractivity contribution in [3.05, 3.63) is 213 Å². The standard InChI is InChI=1S/2C26H20N2O3/c2*1-25(19-10-12-20(27-2)13-11-19)16-26(25)21-8-3-4-9-22(21)28(24(26)31)15-17-6-5-7-18(14-17)23(29)30/h2*3-14H,15-16H2,1H3,(H,29,30)/t2*25-,26+/m10/s1. The molecule has 2 saturated carbocycles. The predicted molar refractivity (Wildman–Crippen MR) is 235 cm³/mol. The van der Waals surface area contributed by atoms with Crippen LogP contribution < -0.4 is 9.80 Å². The number of rotatable bonds is 8. The number of hydrogen-bond acceptors (Lipinski definition) is 4. The van der Waals surface area contributed by atoms with E-state index in [9.17, 15) is 29.4 Å². The molecule has 4 aliphatic rings. The van der Waals surface area contributed by atoms with Gasteiger partial charge < -0.3 is 20.0 Å². The van der Waals surface area contributed by atoms with E-state index in [1.165, 1.54) is 0 Å². The minimum atomic E-state index is -0.982. The maximum absolute atomic E-state index is 13.8. The summed E-state index contributed by atoms with van der Waals surface area (Å²) in [4.78, 5) is 60.9. The van der Waals surface area contributed by atoms with Gasteiger partial charge >= 0.3 is 11.9 Å². The molecule has 0 unspecified atom stereocenters. The van der Waals surface area contributed by atoms with Crippen molar-refractivity contribution in [2.75, 3.05) is 9.80 Å². The summed E-state index contributed by atoms with van der Waals surface area (Å²) in [7, 11) is 0. The smallest absolute Gasteiger partial charge is 0.335 e. The summed E-state index contributed by atoms with van der Waals surface area (Å²) in [6.07, 6.45) is 1.41. The first-order valence-corrected chi connectivity index (χ1v) is 20.2. The first kappa shape index (κ1) is 39.6. The fourth-order valence-electron chi connectivity index (χ4n) is 10.2. The average molecular weight is 817 g/mol. The van der Waals surface area contributed by atoms with Crippen LogP contribution in [0.2, 0.25) is 0 Å². The molecule has 0 aromatic heterocycles. The molecule has 0 radical (unpaired) electrons. The Balaban J connectivity index is 0.000000158. The number of aromatic carboxylic acids is 2. The first-order valence-electron chi connectivity index (χ1n) is 20.2. The molecule has 0 saturated heterocycles. The third-order valence-corrected chi connectivity index (χ3v) is 13.7. The summed E-state index contributed by atoms with van der Waals surface area (Å²) in [5.74, 6) is -1.87. The molecule has 10 nitrogen and oxygen atoms in total. The van der Waals surface area contributed by atoms with E-state index >= 15 is 0 Å². The van der Waals surface area contributed by atoms with Crippen LogP contribution in [-0.2, 0) is 44.3 Å². The van der Waals surface area contributed by atoms with Gasteiger partial charge in [-0.25, -0.2) is 19.3 Å². The first-order chi connectivity index (χ1) is 29.8. The Kier molecular flexibility index (Phi) is 9.22. The van der Waals surface area contributed by atoms with Crippen LogP contribution in [-0.4, -0.2) is 34.0 Å². The third kappa shape index (κ3) is 5.90. The second kappa shape index (κ2) is 14.4. The van der Waals surface area contributed by atoms with Gasteiger partial charge in [-0.05, 0) is 82.6 Å². The van der Waals surface area contributed by atoms with E-state index in [4.69, 9.17) is 13.1 Å². The Morgan fingerprint density at radius 2 is 0.919 bits per heavy atom.